The lowest BCUT2D eigenvalue weighted by molar-refractivity contribution is 0.105. The van der Waals surface area contributed by atoms with Crippen LogP contribution in [-0.2, 0) is 6.54 Å². The zero-order valence-electron chi connectivity index (χ0n) is 15.0. The van der Waals surface area contributed by atoms with Gasteiger partial charge in [0.2, 0.25) is 0 Å². The largest absolute Gasteiger partial charge is 0.493 e. The molecule has 0 aliphatic carbocycles. The van der Waals surface area contributed by atoms with Crippen molar-refractivity contribution in [3.63, 3.8) is 0 Å². The molecule has 3 rings (SSSR count). The van der Waals surface area contributed by atoms with Gasteiger partial charge >= 0.3 is 6.03 Å². The highest BCUT2D eigenvalue weighted by atomic mass is 16.5. The molecule has 6 heteroatoms. The summed E-state index contributed by atoms with van der Waals surface area (Å²) in [4.78, 5) is 17.0. The minimum absolute atomic E-state index is 0.0160. The van der Waals surface area contributed by atoms with Crippen LogP contribution in [0.4, 0.5) is 10.5 Å². The zero-order valence-corrected chi connectivity index (χ0v) is 15.0. The number of carbonyl (C=O) groups is 1. The Morgan fingerprint density at radius 3 is 2.33 bits per heavy atom. The number of fused-ring (bicyclic) bond motifs is 1. The number of piperidine rings is 1. The molecule has 2 aliphatic rings. The van der Waals surface area contributed by atoms with Gasteiger partial charge in [0, 0.05) is 37.8 Å². The molecule has 1 fully saturated rings. The average molecular weight is 333 g/mol. The van der Waals surface area contributed by atoms with Gasteiger partial charge in [0.25, 0.3) is 0 Å². The van der Waals surface area contributed by atoms with Gasteiger partial charge in [-0.3, -0.25) is 0 Å². The van der Waals surface area contributed by atoms with Crippen LogP contribution in [0.3, 0.4) is 0 Å². The fraction of sp³-hybridized carbons (Fsp3) is 0.611. The first-order valence-electron chi connectivity index (χ1n) is 8.60. The van der Waals surface area contributed by atoms with Crippen molar-refractivity contribution in [2.45, 2.75) is 45.3 Å². The predicted molar refractivity (Wildman–Crippen MR) is 93.8 cm³/mol. The van der Waals surface area contributed by atoms with E-state index in [1.54, 1.807) is 14.2 Å². The maximum atomic E-state index is 12.6. The standard InChI is InChI=1S/C18H27N3O3/c1-12(2)20-7-5-14(6-8-20)21-11-13-9-16(23-3)17(24-4)10-15(13)19-18(21)22/h9-10,12,14H,5-8,11H2,1-4H3,(H,19,22). The molecule has 1 saturated heterocycles. The van der Waals surface area contributed by atoms with E-state index in [0.717, 1.165) is 37.2 Å². The van der Waals surface area contributed by atoms with E-state index < -0.39 is 0 Å². The summed E-state index contributed by atoms with van der Waals surface area (Å²) in [7, 11) is 3.23. The normalized spacial score (nSPS) is 19.2. The van der Waals surface area contributed by atoms with Gasteiger partial charge < -0.3 is 24.6 Å². The average Bonchev–Trinajstić information content (AvgIpc) is 2.60. The molecular formula is C18H27N3O3. The van der Waals surface area contributed by atoms with Crippen LogP contribution in [0.25, 0.3) is 0 Å². The highest BCUT2D eigenvalue weighted by molar-refractivity contribution is 5.93. The monoisotopic (exact) mass is 333 g/mol. The fourth-order valence-electron chi connectivity index (χ4n) is 3.62. The molecule has 0 bridgehead atoms. The summed E-state index contributed by atoms with van der Waals surface area (Å²) in [6.07, 6.45) is 2.04. The molecule has 1 N–H and O–H groups in total. The Balaban J connectivity index is 1.76. The predicted octanol–water partition coefficient (Wildman–Crippen LogP) is 2.92. The van der Waals surface area contributed by atoms with Gasteiger partial charge in [-0.15, -0.1) is 0 Å². The second-order valence-electron chi connectivity index (χ2n) is 6.78. The first kappa shape index (κ1) is 16.9. The van der Waals surface area contributed by atoms with Crippen LogP contribution in [0.2, 0.25) is 0 Å². The Morgan fingerprint density at radius 1 is 1.12 bits per heavy atom. The number of methoxy groups -OCH3 is 2. The number of anilines is 1. The number of benzene rings is 1. The smallest absolute Gasteiger partial charge is 0.322 e. The van der Waals surface area contributed by atoms with Crippen molar-refractivity contribution in [2.24, 2.45) is 0 Å². The van der Waals surface area contributed by atoms with Crippen LogP contribution in [0.15, 0.2) is 12.1 Å². The Bertz CT molecular complexity index is 610. The van der Waals surface area contributed by atoms with E-state index in [9.17, 15) is 4.79 Å². The highest BCUT2D eigenvalue weighted by Gasteiger charge is 2.32. The number of amides is 2. The van der Waals surface area contributed by atoms with Crippen molar-refractivity contribution < 1.29 is 14.3 Å². The summed E-state index contributed by atoms with van der Waals surface area (Å²) in [5.41, 5.74) is 1.88. The minimum atomic E-state index is -0.0160. The van der Waals surface area contributed by atoms with Crippen LogP contribution in [0, 0.1) is 0 Å². The summed E-state index contributed by atoms with van der Waals surface area (Å²) in [6.45, 7) is 7.16. The molecule has 0 unspecified atom stereocenters. The Morgan fingerprint density at radius 2 is 1.75 bits per heavy atom. The lowest BCUT2D eigenvalue weighted by Gasteiger charge is -2.41. The molecule has 0 aromatic heterocycles. The number of rotatable bonds is 4. The Hall–Kier alpha value is -1.95. The molecule has 0 saturated carbocycles. The van der Waals surface area contributed by atoms with E-state index in [4.69, 9.17) is 9.47 Å². The number of hydrogen-bond acceptors (Lipinski definition) is 4. The van der Waals surface area contributed by atoms with Gasteiger partial charge in [-0.05, 0) is 38.3 Å². The van der Waals surface area contributed by atoms with E-state index >= 15 is 0 Å². The molecule has 0 radical (unpaired) electrons. The number of urea groups is 1. The van der Waals surface area contributed by atoms with Crippen molar-refractivity contribution in [3.8, 4) is 11.5 Å². The summed E-state index contributed by atoms with van der Waals surface area (Å²) in [5.74, 6) is 1.33. The number of nitrogens with one attached hydrogen (secondary N) is 1. The molecule has 132 valence electrons. The highest BCUT2D eigenvalue weighted by Crippen LogP contribution is 2.37. The summed E-state index contributed by atoms with van der Waals surface area (Å²) >= 11 is 0. The third-order valence-electron chi connectivity index (χ3n) is 5.12. The van der Waals surface area contributed by atoms with Crippen molar-refractivity contribution in [1.82, 2.24) is 9.80 Å². The lowest BCUT2D eigenvalue weighted by Crippen LogP contribution is -2.51. The van der Waals surface area contributed by atoms with E-state index in [-0.39, 0.29) is 6.03 Å². The molecule has 0 atom stereocenters. The second-order valence-corrected chi connectivity index (χ2v) is 6.78. The number of hydrogen-bond donors (Lipinski definition) is 1. The van der Waals surface area contributed by atoms with Crippen molar-refractivity contribution >= 4 is 11.7 Å². The summed E-state index contributed by atoms with van der Waals surface area (Å²) in [5, 5.41) is 3.01. The summed E-state index contributed by atoms with van der Waals surface area (Å²) < 4.78 is 10.7. The fourth-order valence-corrected chi connectivity index (χ4v) is 3.62. The van der Waals surface area contributed by atoms with Crippen LogP contribution >= 0.6 is 0 Å². The van der Waals surface area contributed by atoms with Gasteiger partial charge in [-0.25, -0.2) is 4.79 Å². The minimum Gasteiger partial charge on any atom is -0.493 e. The van der Waals surface area contributed by atoms with Crippen molar-refractivity contribution in [1.29, 1.82) is 0 Å². The molecule has 0 spiro atoms. The Kier molecular flexibility index (Phi) is 4.85. The molecule has 24 heavy (non-hydrogen) atoms. The van der Waals surface area contributed by atoms with Crippen molar-refractivity contribution in [3.05, 3.63) is 17.7 Å². The van der Waals surface area contributed by atoms with Crippen molar-refractivity contribution in [2.75, 3.05) is 32.6 Å². The van der Waals surface area contributed by atoms with Gasteiger partial charge in [-0.1, -0.05) is 0 Å². The number of carbonyl (C=O) groups excluding carboxylic acids is 1. The van der Waals surface area contributed by atoms with E-state index in [1.165, 1.54) is 0 Å². The second kappa shape index (κ2) is 6.89. The molecule has 6 nitrogen and oxygen atoms in total. The van der Waals surface area contributed by atoms with Gasteiger partial charge in [-0.2, -0.15) is 0 Å². The zero-order chi connectivity index (χ0) is 17.3. The molecule has 1 aromatic rings. The third kappa shape index (κ3) is 3.15. The number of ether oxygens (including phenoxy) is 2. The number of nitrogens with zero attached hydrogens (tertiary/aromatic N) is 2. The SMILES string of the molecule is COc1cc2c(cc1OC)NC(=O)N(C1CCN(C(C)C)CC1)C2. The van der Waals surface area contributed by atoms with Crippen LogP contribution in [0.1, 0.15) is 32.3 Å². The van der Waals surface area contributed by atoms with E-state index in [2.05, 4.69) is 24.1 Å². The van der Waals surface area contributed by atoms with Gasteiger partial charge in [0.05, 0.1) is 19.9 Å². The molecule has 2 heterocycles. The van der Waals surface area contributed by atoms with Crippen LogP contribution < -0.4 is 14.8 Å². The van der Waals surface area contributed by atoms with Gasteiger partial charge in [0.1, 0.15) is 0 Å². The Labute approximate surface area is 143 Å². The van der Waals surface area contributed by atoms with Crippen LogP contribution in [-0.4, -0.2) is 55.2 Å². The summed E-state index contributed by atoms with van der Waals surface area (Å²) in [6, 6.07) is 4.65. The quantitative estimate of drug-likeness (QED) is 0.920. The molecule has 2 amide bonds. The maximum Gasteiger partial charge on any atom is 0.322 e. The number of likely N-dealkylation sites (tertiary alicyclic amines) is 1. The topological polar surface area (TPSA) is 54.0 Å². The molecular weight excluding hydrogens is 306 g/mol. The first-order chi connectivity index (χ1) is 11.5. The maximum absolute atomic E-state index is 12.6. The molecule has 1 aromatic carbocycles. The lowest BCUT2D eigenvalue weighted by atomic mass is 10.00. The first-order valence-corrected chi connectivity index (χ1v) is 8.60. The third-order valence-corrected chi connectivity index (χ3v) is 5.12. The molecule has 2 aliphatic heterocycles. The van der Waals surface area contributed by atoms with Crippen LogP contribution in [0.5, 0.6) is 11.5 Å². The van der Waals surface area contributed by atoms with Gasteiger partial charge in [0.15, 0.2) is 11.5 Å². The van der Waals surface area contributed by atoms with E-state index in [1.807, 2.05) is 17.0 Å². The van der Waals surface area contributed by atoms with E-state index in [0.29, 0.717) is 30.1 Å².